The van der Waals surface area contributed by atoms with Crippen LogP contribution in [-0.4, -0.2) is 39.5 Å². The third-order valence-electron chi connectivity index (χ3n) is 2.29. The summed E-state index contributed by atoms with van der Waals surface area (Å²) in [6.45, 7) is 9.05. The lowest BCUT2D eigenvalue weighted by molar-refractivity contribution is -0.122. The number of halogens is 1. The van der Waals surface area contributed by atoms with Gasteiger partial charge in [0.15, 0.2) is 0 Å². The molecule has 3 N–H and O–H groups in total. The van der Waals surface area contributed by atoms with Crippen LogP contribution >= 0.6 is 11.6 Å². The number of nitrogens with zero attached hydrogens (tertiary/aromatic N) is 3. The zero-order valence-corrected chi connectivity index (χ0v) is 13.7. The molecule has 0 saturated heterocycles. The van der Waals surface area contributed by atoms with E-state index in [1.807, 2.05) is 27.7 Å². The molecule has 0 unspecified atom stereocenters. The van der Waals surface area contributed by atoms with Gasteiger partial charge in [0.05, 0.1) is 0 Å². The summed E-state index contributed by atoms with van der Waals surface area (Å²) >= 11 is 5.84. The third kappa shape index (κ3) is 7.65. The molecule has 1 rings (SSSR count). The number of hydrogen-bond donors (Lipinski definition) is 3. The number of nitrogens with one attached hydrogen (secondary N) is 3. The van der Waals surface area contributed by atoms with E-state index >= 15 is 0 Å². The van der Waals surface area contributed by atoms with Crippen molar-refractivity contribution in [2.24, 2.45) is 0 Å². The minimum Gasteiger partial charge on any atom is -0.354 e. The molecule has 0 saturated carbocycles. The molecule has 1 heterocycles. The Morgan fingerprint density at radius 3 is 2.19 bits per heavy atom. The van der Waals surface area contributed by atoms with Crippen molar-refractivity contribution >= 4 is 29.4 Å². The number of amides is 1. The van der Waals surface area contributed by atoms with Crippen LogP contribution < -0.4 is 16.0 Å². The molecule has 118 valence electrons. The van der Waals surface area contributed by atoms with Gasteiger partial charge in [0.1, 0.15) is 0 Å². The zero-order valence-electron chi connectivity index (χ0n) is 13.0. The normalized spacial score (nSPS) is 11.1. The first-order valence-corrected chi connectivity index (χ1v) is 7.38. The van der Waals surface area contributed by atoms with Crippen LogP contribution in [0, 0.1) is 0 Å². The first-order valence-electron chi connectivity index (χ1n) is 7.00. The zero-order chi connectivity index (χ0) is 15.9. The highest BCUT2D eigenvalue weighted by atomic mass is 35.5. The molecule has 7 nitrogen and oxygen atoms in total. The largest absolute Gasteiger partial charge is 0.354 e. The summed E-state index contributed by atoms with van der Waals surface area (Å²) in [7, 11) is 0. The first-order chi connectivity index (χ1) is 9.80. The molecule has 0 aliphatic rings. The van der Waals surface area contributed by atoms with Crippen LogP contribution in [0.25, 0.3) is 0 Å². The van der Waals surface area contributed by atoms with E-state index in [1.54, 1.807) is 0 Å². The predicted octanol–water partition coefficient (Wildman–Crippen LogP) is 2.06. The molecule has 0 radical (unpaired) electrons. The van der Waals surface area contributed by atoms with Gasteiger partial charge in [-0.1, -0.05) is 6.92 Å². The summed E-state index contributed by atoms with van der Waals surface area (Å²) in [6, 6.07) is 0. The van der Waals surface area contributed by atoms with Crippen molar-refractivity contribution < 1.29 is 4.79 Å². The molecule has 0 bridgehead atoms. The quantitative estimate of drug-likeness (QED) is 0.713. The lowest BCUT2D eigenvalue weighted by Crippen LogP contribution is -2.41. The molecule has 0 fully saturated rings. The fourth-order valence-corrected chi connectivity index (χ4v) is 1.67. The second kappa shape index (κ2) is 7.97. The van der Waals surface area contributed by atoms with Crippen LogP contribution in [0.1, 0.15) is 40.5 Å². The average molecular weight is 315 g/mol. The monoisotopic (exact) mass is 314 g/mol. The first kappa shape index (κ1) is 17.4. The Bertz CT molecular complexity index is 474. The van der Waals surface area contributed by atoms with E-state index in [0.29, 0.717) is 24.9 Å². The summed E-state index contributed by atoms with van der Waals surface area (Å²) in [6.07, 6.45) is 1.29. The Morgan fingerprint density at radius 2 is 1.67 bits per heavy atom. The Kier molecular flexibility index (Phi) is 6.61. The van der Waals surface area contributed by atoms with Crippen molar-refractivity contribution in [3.05, 3.63) is 5.28 Å². The highest BCUT2D eigenvalue weighted by molar-refractivity contribution is 6.28. The van der Waals surface area contributed by atoms with Gasteiger partial charge in [-0.15, -0.1) is 0 Å². The maximum Gasteiger partial charge on any atom is 0.228 e. The van der Waals surface area contributed by atoms with Gasteiger partial charge in [0.2, 0.25) is 23.1 Å². The molecule has 21 heavy (non-hydrogen) atoms. The summed E-state index contributed by atoms with van der Waals surface area (Å²) in [5, 5.41) is 9.01. The number of carbonyl (C=O) groups is 1. The molecule has 0 spiro atoms. The Labute approximate surface area is 130 Å². The smallest absolute Gasteiger partial charge is 0.228 e. The van der Waals surface area contributed by atoms with Crippen molar-refractivity contribution in [3.63, 3.8) is 0 Å². The summed E-state index contributed by atoms with van der Waals surface area (Å²) in [5.41, 5.74) is -0.231. The van der Waals surface area contributed by atoms with Gasteiger partial charge < -0.3 is 16.0 Å². The van der Waals surface area contributed by atoms with Crippen molar-refractivity contribution in [2.75, 3.05) is 23.7 Å². The fraction of sp³-hybridized carbons (Fsp3) is 0.692. The van der Waals surface area contributed by atoms with Crippen LogP contribution in [0.5, 0.6) is 0 Å². The number of aromatic nitrogens is 3. The van der Waals surface area contributed by atoms with E-state index in [2.05, 4.69) is 30.9 Å². The van der Waals surface area contributed by atoms with E-state index in [9.17, 15) is 4.79 Å². The van der Waals surface area contributed by atoms with E-state index in [1.165, 1.54) is 0 Å². The second-order valence-corrected chi connectivity index (χ2v) is 5.99. The molecular weight excluding hydrogens is 292 g/mol. The Hall–Kier alpha value is -1.63. The van der Waals surface area contributed by atoms with Gasteiger partial charge in [0.25, 0.3) is 0 Å². The van der Waals surface area contributed by atoms with Gasteiger partial charge >= 0.3 is 0 Å². The molecule has 1 amide bonds. The highest BCUT2D eigenvalue weighted by Crippen LogP contribution is 2.09. The Balaban J connectivity index is 2.48. The van der Waals surface area contributed by atoms with Gasteiger partial charge in [0, 0.05) is 25.0 Å². The van der Waals surface area contributed by atoms with Gasteiger partial charge in [-0.05, 0) is 38.8 Å². The van der Waals surface area contributed by atoms with Crippen molar-refractivity contribution in [2.45, 2.75) is 46.1 Å². The van der Waals surface area contributed by atoms with Crippen molar-refractivity contribution in [1.82, 2.24) is 20.3 Å². The van der Waals surface area contributed by atoms with E-state index in [-0.39, 0.29) is 16.7 Å². The molecular formula is C13H23ClN6O. The molecule has 1 aromatic heterocycles. The highest BCUT2D eigenvalue weighted by Gasteiger charge is 2.13. The second-order valence-electron chi connectivity index (χ2n) is 5.65. The average Bonchev–Trinajstić information content (AvgIpc) is 2.33. The molecule has 1 aromatic rings. The van der Waals surface area contributed by atoms with E-state index in [4.69, 9.17) is 11.6 Å². The topological polar surface area (TPSA) is 91.8 Å². The minimum absolute atomic E-state index is 0.0283. The molecule has 0 aromatic carbocycles. The number of rotatable bonds is 7. The summed E-state index contributed by atoms with van der Waals surface area (Å²) in [4.78, 5) is 23.8. The van der Waals surface area contributed by atoms with Gasteiger partial charge in [-0.3, -0.25) is 4.79 Å². The lowest BCUT2D eigenvalue weighted by atomic mass is 10.1. The maximum absolute atomic E-state index is 11.7. The van der Waals surface area contributed by atoms with Crippen LogP contribution in [0.4, 0.5) is 11.9 Å². The van der Waals surface area contributed by atoms with Crippen molar-refractivity contribution in [3.8, 4) is 0 Å². The minimum atomic E-state index is -0.231. The standard InChI is InChI=1S/C13H23ClN6O/c1-5-7-15-11-17-10(14)18-12(19-11)16-8-6-9(21)20-13(2,3)4/h5-8H2,1-4H3,(H,20,21)(H2,15,16,17,18,19). The van der Waals surface area contributed by atoms with E-state index in [0.717, 1.165) is 13.0 Å². The molecule has 0 aliphatic carbocycles. The van der Waals surface area contributed by atoms with Crippen molar-refractivity contribution in [1.29, 1.82) is 0 Å². The fourth-order valence-electron chi connectivity index (χ4n) is 1.51. The molecule has 8 heteroatoms. The van der Waals surface area contributed by atoms with Gasteiger partial charge in [-0.25, -0.2) is 0 Å². The third-order valence-corrected chi connectivity index (χ3v) is 2.46. The SMILES string of the molecule is CCCNc1nc(Cl)nc(NCCC(=O)NC(C)(C)C)n1. The van der Waals surface area contributed by atoms with E-state index < -0.39 is 0 Å². The van der Waals surface area contributed by atoms with Gasteiger partial charge in [-0.2, -0.15) is 15.0 Å². The van der Waals surface area contributed by atoms with Crippen LogP contribution in [-0.2, 0) is 4.79 Å². The Morgan fingerprint density at radius 1 is 1.10 bits per heavy atom. The van der Waals surface area contributed by atoms with Crippen LogP contribution in [0.3, 0.4) is 0 Å². The molecule has 0 atom stereocenters. The van der Waals surface area contributed by atoms with Crippen LogP contribution in [0.2, 0.25) is 5.28 Å². The maximum atomic E-state index is 11.7. The number of hydrogen-bond acceptors (Lipinski definition) is 6. The number of carbonyl (C=O) groups excluding carboxylic acids is 1. The lowest BCUT2D eigenvalue weighted by Gasteiger charge is -2.20. The van der Waals surface area contributed by atoms with Crippen LogP contribution in [0.15, 0.2) is 0 Å². The molecule has 0 aliphatic heterocycles. The summed E-state index contributed by atoms with van der Waals surface area (Å²) in [5.74, 6) is 0.759. The predicted molar refractivity (Wildman–Crippen MR) is 84.6 cm³/mol. The summed E-state index contributed by atoms with van der Waals surface area (Å²) < 4.78 is 0. The number of anilines is 2.